The molecule has 1 aliphatic heterocycles. The van der Waals surface area contributed by atoms with Crippen LogP contribution in [0.4, 0.5) is 0 Å². The predicted molar refractivity (Wildman–Crippen MR) is 128 cm³/mol. The molecule has 0 radical (unpaired) electrons. The Bertz CT molecular complexity index is 602. The van der Waals surface area contributed by atoms with E-state index in [2.05, 4.69) is 32.8 Å². The van der Waals surface area contributed by atoms with Gasteiger partial charge in [-0.1, -0.05) is 25.5 Å². The molecule has 2 rings (SSSR count). The first kappa shape index (κ1) is 24.7. The molecule has 0 bridgehead atoms. The van der Waals surface area contributed by atoms with Gasteiger partial charge in [-0.25, -0.2) is 4.99 Å². The van der Waals surface area contributed by atoms with Gasteiger partial charge in [-0.2, -0.15) is 0 Å². The molecule has 28 heavy (non-hydrogen) atoms. The minimum Gasteiger partial charge on any atom is -0.357 e. The number of amides is 1. The molecular weight excluding hydrogens is 465 g/mol. The van der Waals surface area contributed by atoms with Crippen LogP contribution in [0.2, 0.25) is 0 Å². The number of piperidine rings is 1. The number of hydrogen-bond acceptors (Lipinski definition) is 3. The average Bonchev–Trinajstić information content (AvgIpc) is 2.71. The number of aliphatic imine (C=N–C) groups is 1. The van der Waals surface area contributed by atoms with Crippen LogP contribution in [-0.4, -0.2) is 56.0 Å². The van der Waals surface area contributed by atoms with Gasteiger partial charge in [0.25, 0.3) is 5.91 Å². The lowest BCUT2D eigenvalue weighted by Gasteiger charge is -2.26. The Morgan fingerprint density at radius 3 is 2.57 bits per heavy atom. The fourth-order valence-corrected chi connectivity index (χ4v) is 3.18. The van der Waals surface area contributed by atoms with E-state index < -0.39 is 0 Å². The van der Waals surface area contributed by atoms with Crippen molar-refractivity contribution in [2.75, 3.05) is 39.3 Å². The lowest BCUT2D eigenvalue weighted by atomic mass is 10.1. The van der Waals surface area contributed by atoms with Crippen LogP contribution in [0, 0.1) is 0 Å². The summed E-state index contributed by atoms with van der Waals surface area (Å²) in [6.45, 7) is 10.6. The van der Waals surface area contributed by atoms with Crippen molar-refractivity contribution in [1.82, 2.24) is 20.9 Å². The third-order valence-electron chi connectivity index (χ3n) is 4.66. The standard InChI is InChI=1S/C21H35N5O.HI/c1-3-11-23-20(27)19-10-8-9-18(16-19)17-25-21(22-4-2)24-12-15-26-13-6-5-7-14-26;/h8-10,16H,3-7,11-15,17H2,1-2H3,(H,23,27)(H2,22,24,25);1H. The molecular formula is C21H36IN5O. The Morgan fingerprint density at radius 2 is 1.86 bits per heavy atom. The summed E-state index contributed by atoms with van der Waals surface area (Å²) in [6, 6.07) is 7.70. The summed E-state index contributed by atoms with van der Waals surface area (Å²) < 4.78 is 0. The van der Waals surface area contributed by atoms with E-state index in [1.165, 1.54) is 32.4 Å². The number of nitrogens with zero attached hydrogens (tertiary/aromatic N) is 2. The van der Waals surface area contributed by atoms with E-state index in [9.17, 15) is 4.79 Å². The van der Waals surface area contributed by atoms with Crippen molar-refractivity contribution in [3.05, 3.63) is 35.4 Å². The number of guanidine groups is 1. The average molecular weight is 501 g/mol. The SMILES string of the molecule is CCCNC(=O)c1cccc(CN=C(NCC)NCCN2CCCCC2)c1.I. The van der Waals surface area contributed by atoms with Crippen LogP contribution >= 0.6 is 24.0 Å². The van der Waals surface area contributed by atoms with Crippen molar-refractivity contribution in [3.8, 4) is 0 Å². The molecule has 0 aromatic heterocycles. The second-order valence-corrected chi connectivity index (χ2v) is 6.98. The zero-order valence-electron chi connectivity index (χ0n) is 17.3. The lowest BCUT2D eigenvalue weighted by molar-refractivity contribution is 0.0953. The molecule has 3 N–H and O–H groups in total. The van der Waals surface area contributed by atoms with Gasteiger partial charge in [-0.05, 0) is 57.0 Å². The number of hydrogen-bond donors (Lipinski definition) is 3. The van der Waals surface area contributed by atoms with Crippen molar-refractivity contribution in [1.29, 1.82) is 0 Å². The molecule has 0 aliphatic carbocycles. The molecule has 1 amide bonds. The number of nitrogens with one attached hydrogen (secondary N) is 3. The van der Waals surface area contributed by atoms with Gasteiger partial charge in [-0.15, -0.1) is 24.0 Å². The van der Waals surface area contributed by atoms with Gasteiger partial charge in [-0.3, -0.25) is 4.79 Å². The lowest BCUT2D eigenvalue weighted by Crippen LogP contribution is -2.42. The van der Waals surface area contributed by atoms with Crippen LogP contribution in [0.3, 0.4) is 0 Å². The number of likely N-dealkylation sites (tertiary alicyclic amines) is 1. The third kappa shape index (κ3) is 9.23. The summed E-state index contributed by atoms with van der Waals surface area (Å²) in [4.78, 5) is 19.3. The zero-order chi connectivity index (χ0) is 19.3. The molecule has 158 valence electrons. The maximum absolute atomic E-state index is 12.1. The van der Waals surface area contributed by atoms with Crippen molar-refractivity contribution in [2.24, 2.45) is 4.99 Å². The second kappa shape index (κ2) is 14.6. The fraction of sp³-hybridized carbons (Fsp3) is 0.619. The minimum absolute atomic E-state index is 0. The highest BCUT2D eigenvalue weighted by atomic mass is 127. The normalized spacial score (nSPS) is 14.9. The highest BCUT2D eigenvalue weighted by molar-refractivity contribution is 14.0. The largest absolute Gasteiger partial charge is 0.357 e. The van der Waals surface area contributed by atoms with E-state index in [4.69, 9.17) is 0 Å². The maximum Gasteiger partial charge on any atom is 0.251 e. The van der Waals surface area contributed by atoms with Crippen LogP contribution in [0.5, 0.6) is 0 Å². The van der Waals surface area contributed by atoms with Crippen LogP contribution in [0.1, 0.15) is 55.5 Å². The Kier molecular flexibility index (Phi) is 12.9. The molecule has 1 aromatic carbocycles. The van der Waals surface area contributed by atoms with Gasteiger partial charge >= 0.3 is 0 Å². The first-order valence-electron chi connectivity index (χ1n) is 10.3. The van der Waals surface area contributed by atoms with Crippen molar-refractivity contribution < 1.29 is 4.79 Å². The topological polar surface area (TPSA) is 68.8 Å². The summed E-state index contributed by atoms with van der Waals surface area (Å²) in [5.74, 6) is 0.810. The maximum atomic E-state index is 12.1. The van der Waals surface area contributed by atoms with Gasteiger partial charge < -0.3 is 20.9 Å². The first-order valence-corrected chi connectivity index (χ1v) is 10.3. The monoisotopic (exact) mass is 501 g/mol. The number of carbonyl (C=O) groups is 1. The zero-order valence-corrected chi connectivity index (χ0v) is 19.6. The Hall–Kier alpha value is -1.35. The first-order chi connectivity index (χ1) is 13.2. The highest BCUT2D eigenvalue weighted by Crippen LogP contribution is 2.08. The molecule has 1 saturated heterocycles. The molecule has 1 aliphatic rings. The van der Waals surface area contributed by atoms with Gasteiger partial charge in [0.2, 0.25) is 0 Å². The van der Waals surface area contributed by atoms with E-state index in [-0.39, 0.29) is 29.9 Å². The summed E-state index contributed by atoms with van der Waals surface area (Å²) in [6.07, 6.45) is 4.93. The number of rotatable bonds is 9. The Labute approximate surface area is 187 Å². The summed E-state index contributed by atoms with van der Waals surface area (Å²) in [7, 11) is 0. The molecule has 7 heteroatoms. The van der Waals surface area contributed by atoms with Crippen LogP contribution in [0.25, 0.3) is 0 Å². The molecule has 6 nitrogen and oxygen atoms in total. The fourth-order valence-electron chi connectivity index (χ4n) is 3.18. The van der Waals surface area contributed by atoms with E-state index in [0.29, 0.717) is 18.7 Å². The van der Waals surface area contributed by atoms with Crippen LogP contribution in [-0.2, 0) is 6.54 Å². The molecule has 1 heterocycles. The summed E-state index contributed by atoms with van der Waals surface area (Å²) in [5, 5.41) is 9.63. The van der Waals surface area contributed by atoms with E-state index in [1.807, 2.05) is 31.2 Å². The Balaban J connectivity index is 0.00000392. The Morgan fingerprint density at radius 1 is 1.07 bits per heavy atom. The smallest absolute Gasteiger partial charge is 0.251 e. The quantitative estimate of drug-likeness (QED) is 0.277. The molecule has 0 atom stereocenters. The third-order valence-corrected chi connectivity index (χ3v) is 4.66. The van der Waals surface area contributed by atoms with Crippen molar-refractivity contribution in [2.45, 2.75) is 46.1 Å². The van der Waals surface area contributed by atoms with Gasteiger partial charge in [0, 0.05) is 31.7 Å². The number of carbonyl (C=O) groups excluding carboxylic acids is 1. The van der Waals surface area contributed by atoms with Gasteiger partial charge in [0.1, 0.15) is 0 Å². The predicted octanol–water partition coefficient (Wildman–Crippen LogP) is 2.99. The number of halogens is 1. The van der Waals surface area contributed by atoms with E-state index >= 15 is 0 Å². The van der Waals surface area contributed by atoms with Crippen molar-refractivity contribution in [3.63, 3.8) is 0 Å². The second-order valence-electron chi connectivity index (χ2n) is 6.98. The van der Waals surface area contributed by atoms with Crippen LogP contribution in [0.15, 0.2) is 29.3 Å². The molecule has 1 aromatic rings. The minimum atomic E-state index is -0.0192. The van der Waals surface area contributed by atoms with Crippen molar-refractivity contribution >= 4 is 35.8 Å². The molecule has 0 saturated carbocycles. The van der Waals surface area contributed by atoms with Gasteiger partial charge in [0.05, 0.1) is 6.54 Å². The highest BCUT2D eigenvalue weighted by Gasteiger charge is 2.09. The van der Waals surface area contributed by atoms with E-state index in [1.54, 1.807) is 0 Å². The van der Waals surface area contributed by atoms with E-state index in [0.717, 1.165) is 37.6 Å². The van der Waals surface area contributed by atoms with Gasteiger partial charge in [0.15, 0.2) is 5.96 Å². The molecule has 1 fully saturated rings. The van der Waals surface area contributed by atoms with Crippen LogP contribution < -0.4 is 16.0 Å². The summed E-state index contributed by atoms with van der Waals surface area (Å²) in [5.41, 5.74) is 1.73. The summed E-state index contributed by atoms with van der Waals surface area (Å²) >= 11 is 0. The molecule has 0 unspecified atom stereocenters. The number of benzene rings is 1. The molecule has 0 spiro atoms.